The summed E-state index contributed by atoms with van der Waals surface area (Å²) in [5.74, 6) is 0.0571. The highest BCUT2D eigenvalue weighted by molar-refractivity contribution is 7.90. The second kappa shape index (κ2) is 4.58. The van der Waals surface area contributed by atoms with Crippen LogP contribution in [0.3, 0.4) is 0 Å². The van der Waals surface area contributed by atoms with Gasteiger partial charge >= 0.3 is 0 Å². The largest absolute Gasteiger partial charge is 0.312 e. The molecule has 1 aromatic rings. The Morgan fingerprint density at radius 3 is 2.72 bits per heavy atom. The normalized spacial score (nSPS) is 22.8. The van der Waals surface area contributed by atoms with Crippen molar-refractivity contribution in [2.45, 2.75) is 38.5 Å². The number of sulfone groups is 1. The van der Waals surface area contributed by atoms with Gasteiger partial charge in [-0.25, -0.2) is 13.4 Å². The summed E-state index contributed by atoms with van der Waals surface area (Å²) in [4.78, 5) is 5.75. The van der Waals surface area contributed by atoms with Crippen molar-refractivity contribution in [3.05, 3.63) is 15.6 Å². The summed E-state index contributed by atoms with van der Waals surface area (Å²) in [6.07, 6.45) is 3.25. The minimum Gasteiger partial charge on any atom is -0.312 e. The number of nitrogens with one attached hydrogen (secondary N) is 1. The van der Waals surface area contributed by atoms with Crippen LogP contribution < -0.4 is 5.32 Å². The molecule has 1 aliphatic rings. The second-order valence-electron chi connectivity index (χ2n) is 5.88. The van der Waals surface area contributed by atoms with Crippen LogP contribution in [0.2, 0.25) is 0 Å². The average molecular weight is 288 g/mol. The number of hydrogen-bond acceptors (Lipinski definition) is 5. The molecular formula is C12H20N2O2S2. The fraction of sp³-hybridized carbons (Fsp3) is 0.750. The van der Waals surface area contributed by atoms with Gasteiger partial charge in [-0.15, -0.1) is 11.3 Å². The summed E-state index contributed by atoms with van der Waals surface area (Å²) in [7, 11) is -1.05. The van der Waals surface area contributed by atoms with Crippen molar-refractivity contribution >= 4 is 21.2 Å². The molecule has 1 heterocycles. The summed E-state index contributed by atoms with van der Waals surface area (Å²) in [6.45, 7) is 4.46. The first kappa shape index (κ1) is 14.0. The van der Waals surface area contributed by atoms with Gasteiger partial charge in [0.05, 0.1) is 5.69 Å². The molecule has 0 saturated heterocycles. The summed E-state index contributed by atoms with van der Waals surface area (Å²) in [5, 5.41) is 4.04. The Hall–Kier alpha value is -0.460. The standard InChI is InChI=1S/C12H20N2O2S2/c1-12(2)5-8(13-3)11-9(6-12)14-10(17-11)7-18(4,15)16/h8,13H,5-7H2,1-4H3. The topological polar surface area (TPSA) is 59.1 Å². The average Bonchev–Trinajstić information content (AvgIpc) is 2.53. The summed E-state index contributed by atoms with van der Waals surface area (Å²) >= 11 is 1.54. The van der Waals surface area contributed by atoms with Crippen LogP contribution in [0.15, 0.2) is 0 Å². The molecule has 0 fully saturated rings. The summed E-state index contributed by atoms with van der Waals surface area (Å²) in [6, 6.07) is 0.301. The summed E-state index contributed by atoms with van der Waals surface area (Å²) < 4.78 is 22.7. The lowest BCUT2D eigenvalue weighted by Gasteiger charge is -2.34. The molecule has 0 saturated carbocycles. The Labute approximate surface area is 113 Å². The van der Waals surface area contributed by atoms with Crippen molar-refractivity contribution < 1.29 is 8.42 Å². The first-order chi connectivity index (χ1) is 8.20. The Morgan fingerprint density at radius 1 is 1.50 bits per heavy atom. The minimum absolute atomic E-state index is 0.0571. The molecular weight excluding hydrogens is 268 g/mol. The van der Waals surface area contributed by atoms with E-state index in [1.807, 2.05) is 7.05 Å². The van der Waals surface area contributed by atoms with Gasteiger partial charge in [-0.1, -0.05) is 13.8 Å². The van der Waals surface area contributed by atoms with Gasteiger partial charge in [0.1, 0.15) is 10.8 Å². The van der Waals surface area contributed by atoms with Gasteiger partial charge in [-0.3, -0.25) is 0 Å². The van der Waals surface area contributed by atoms with Crippen LogP contribution in [0.5, 0.6) is 0 Å². The molecule has 102 valence electrons. The van der Waals surface area contributed by atoms with E-state index >= 15 is 0 Å². The number of aromatic nitrogens is 1. The molecule has 1 N–H and O–H groups in total. The predicted molar refractivity (Wildman–Crippen MR) is 74.6 cm³/mol. The van der Waals surface area contributed by atoms with Crippen LogP contribution in [0.1, 0.15) is 41.9 Å². The van der Waals surface area contributed by atoms with Gasteiger partial charge in [0.2, 0.25) is 0 Å². The molecule has 0 aliphatic heterocycles. The Kier molecular flexibility index (Phi) is 3.55. The van der Waals surface area contributed by atoms with E-state index in [-0.39, 0.29) is 11.2 Å². The highest BCUT2D eigenvalue weighted by atomic mass is 32.2. The number of fused-ring (bicyclic) bond motifs is 1. The van der Waals surface area contributed by atoms with Crippen LogP contribution >= 0.6 is 11.3 Å². The highest BCUT2D eigenvalue weighted by Crippen LogP contribution is 2.42. The van der Waals surface area contributed by atoms with Gasteiger partial charge < -0.3 is 5.32 Å². The SMILES string of the molecule is CNC1CC(C)(C)Cc2nc(CS(C)(=O)=O)sc21. The molecule has 0 amide bonds. The number of thiazole rings is 1. The fourth-order valence-corrected chi connectivity index (χ4v) is 4.88. The smallest absolute Gasteiger partial charge is 0.153 e. The third-order valence-corrected chi connectivity index (χ3v) is 5.42. The first-order valence-corrected chi connectivity index (χ1v) is 8.91. The van der Waals surface area contributed by atoms with Crippen LogP contribution in [0.4, 0.5) is 0 Å². The maximum atomic E-state index is 11.3. The first-order valence-electron chi connectivity index (χ1n) is 6.04. The van der Waals surface area contributed by atoms with Gasteiger partial charge in [0.15, 0.2) is 9.84 Å². The van der Waals surface area contributed by atoms with Crippen molar-refractivity contribution in [3.8, 4) is 0 Å². The third-order valence-electron chi connectivity index (χ3n) is 3.23. The Morgan fingerprint density at radius 2 is 2.17 bits per heavy atom. The molecule has 6 heteroatoms. The van der Waals surface area contributed by atoms with Crippen molar-refractivity contribution in [2.75, 3.05) is 13.3 Å². The van der Waals surface area contributed by atoms with Crippen molar-refractivity contribution in [2.24, 2.45) is 5.41 Å². The monoisotopic (exact) mass is 288 g/mol. The molecule has 4 nitrogen and oxygen atoms in total. The van der Waals surface area contributed by atoms with E-state index in [0.717, 1.165) is 23.5 Å². The molecule has 1 aliphatic carbocycles. The molecule has 0 spiro atoms. The molecule has 2 rings (SSSR count). The Balaban J connectivity index is 2.35. The summed E-state index contributed by atoms with van der Waals surface area (Å²) in [5.41, 5.74) is 1.30. The van der Waals surface area contributed by atoms with Crippen LogP contribution in [-0.4, -0.2) is 26.7 Å². The number of nitrogens with zero attached hydrogens (tertiary/aromatic N) is 1. The molecule has 0 aromatic carbocycles. The maximum Gasteiger partial charge on any atom is 0.153 e. The van der Waals surface area contributed by atoms with Crippen LogP contribution in [0.25, 0.3) is 0 Å². The van der Waals surface area contributed by atoms with Crippen LogP contribution in [0, 0.1) is 5.41 Å². The van der Waals surface area contributed by atoms with Gasteiger partial charge in [0.25, 0.3) is 0 Å². The lowest BCUT2D eigenvalue weighted by atomic mass is 9.76. The zero-order valence-electron chi connectivity index (χ0n) is 11.3. The molecule has 0 radical (unpaired) electrons. The van der Waals surface area contributed by atoms with Crippen molar-refractivity contribution in [1.82, 2.24) is 10.3 Å². The zero-order chi connectivity index (χ0) is 13.6. The minimum atomic E-state index is -3.00. The number of hydrogen-bond donors (Lipinski definition) is 1. The van der Waals surface area contributed by atoms with E-state index in [1.165, 1.54) is 11.1 Å². The lowest BCUT2D eigenvalue weighted by molar-refractivity contribution is 0.265. The highest BCUT2D eigenvalue weighted by Gasteiger charge is 2.34. The van der Waals surface area contributed by atoms with Crippen LogP contribution in [-0.2, 0) is 22.0 Å². The predicted octanol–water partition coefficient (Wildman–Crippen LogP) is 1.92. The maximum absolute atomic E-state index is 11.3. The van der Waals surface area contributed by atoms with E-state index in [1.54, 1.807) is 11.3 Å². The quantitative estimate of drug-likeness (QED) is 0.923. The van der Waals surface area contributed by atoms with E-state index in [2.05, 4.69) is 24.1 Å². The van der Waals surface area contributed by atoms with Crippen molar-refractivity contribution in [1.29, 1.82) is 0 Å². The molecule has 1 aromatic heterocycles. The van der Waals surface area contributed by atoms with E-state index in [0.29, 0.717) is 6.04 Å². The second-order valence-corrected chi connectivity index (χ2v) is 9.13. The molecule has 18 heavy (non-hydrogen) atoms. The number of rotatable bonds is 3. The van der Waals surface area contributed by atoms with E-state index in [4.69, 9.17) is 0 Å². The van der Waals surface area contributed by atoms with E-state index < -0.39 is 9.84 Å². The van der Waals surface area contributed by atoms with E-state index in [9.17, 15) is 8.42 Å². The van der Waals surface area contributed by atoms with Gasteiger partial charge in [-0.2, -0.15) is 0 Å². The molecule has 1 unspecified atom stereocenters. The Bertz CT molecular complexity index is 546. The van der Waals surface area contributed by atoms with Gasteiger partial charge in [-0.05, 0) is 25.3 Å². The fourth-order valence-electron chi connectivity index (χ4n) is 2.50. The zero-order valence-corrected chi connectivity index (χ0v) is 12.9. The lowest BCUT2D eigenvalue weighted by Crippen LogP contribution is -2.30. The third kappa shape index (κ3) is 3.10. The van der Waals surface area contributed by atoms with Gasteiger partial charge in [0, 0.05) is 17.2 Å². The van der Waals surface area contributed by atoms with Crippen molar-refractivity contribution in [3.63, 3.8) is 0 Å². The molecule has 1 atom stereocenters. The molecule has 0 bridgehead atoms.